The van der Waals surface area contributed by atoms with Crippen molar-refractivity contribution in [1.82, 2.24) is 4.72 Å². The first kappa shape index (κ1) is 18.8. The molecule has 2 N–H and O–H groups in total. The highest BCUT2D eigenvalue weighted by Crippen LogP contribution is 2.21. The highest BCUT2D eigenvalue weighted by atomic mass is 35.5. The van der Waals surface area contributed by atoms with Gasteiger partial charge in [-0.2, -0.15) is 0 Å². The standard InChI is InChI=1S/C15H14ClN3O5S/c1-10-8-12(19(21)22)4-7-14(10)18-15(20)9-17-25(23,24)13-5-2-11(16)3-6-13/h2-8,17H,9H2,1H3,(H,18,20). The van der Waals surface area contributed by atoms with Gasteiger partial charge in [-0.25, -0.2) is 13.1 Å². The number of amides is 1. The van der Waals surface area contributed by atoms with Gasteiger partial charge in [0.05, 0.1) is 16.4 Å². The molecule has 2 rings (SSSR count). The number of hydrogen-bond acceptors (Lipinski definition) is 5. The first-order valence-corrected chi connectivity index (χ1v) is 8.85. The number of carbonyl (C=O) groups is 1. The lowest BCUT2D eigenvalue weighted by Crippen LogP contribution is -2.33. The minimum atomic E-state index is -3.85. The molecule has 0 unspecified atom stereocenters. The van der Waals surface area contributed by atoms with Crippen LogP contribution >= 0.6 is 11.6 Å². The summed E-state index contributed by atoms with van der Waals surface area (Å²) < 4.78 is 26.3. The van der Waals surface area contributed by atoms with E-state index in [4.69, 9.17) is 11.6 Å². The van der Waals surface area contributed by atoms with Crippen LogP contribution in [-0.2, 0) is 14.8 Å². The van der Waals surface area contributed by atoms with Crippen molar-refractivity contribution in [1.29, 1.82) is 0 Å². The molecule has 0 heterocycles. The van der Waals surface area contributed by atoms with Gasteiger partial charge in [0, 0.05) is 22.8 Å². The molecule has 0 aliphatic carbocycles. The lowest BCUT2D eigenvalue weighted by atomic mass is 10.2. The lowest BCUT2D eigenvalue weighted by molar-refractivity contribution is -0.384. The molecule has 0 bridgehead atoms. The maximum absolute atomic E-state index is 12.1. The van der Waals surface area contributed by atoms with Gasteiger partial charge >= 0.3 is 0 Å². The van der Waals surface area contributed by atoms with Crippen LogP contribution in [0.2, 0.25) is 5.02 Å². The first-order valence-electron chi connectivity index (χ1n) is 6.99. The van der Waals surface area contributed by atoms with Crippen LogP contribution in [0.3, 0.4) is 0 Å². The number of halogens is 1. The number of hydrogen-bond donors (Lipinski definition) is 2. The molecular formula is C15H14ClN3O5S. The number of aryl methyl sites for hydroxylation is 1. The molecule has 0 radical (unpaired) electrons. The van der Waals surface area contributed by atoms with E-state index in [9.17, 15) is 23.3 Å². The average Bonchev–Trinajstić information content (AvgIpc) is 2.55. The Kier molecular flexibility index (Phi) is 5.73. The van der Waals surface area contributed by atoms with E-state index in [1.807, 2.05) is 0 Å². The summed E-state index contributed by atoms with van der Waals surface area (Å²) in [4.78, 5) is 22.1. The van der Waals surface area contributed by atoms with E-state index in [0.717, 1.165) is 0 Å². The fraction of sp³-hybridized carbons (Fsp3) is 0.133. The Labute approximate surface area is 149 Å². The summed E-state index contributed by atoms with van der Waals surface area (Å²) in [6, 6.07) is 9.45. The molecule has 8 nitrogen and oxygen atoms in total. The van der Waals surface area contributed by atoms with Crippen LogP contribution < -0.4 is 10.0 Å². The van der Waals surface area contributed by atoms with Gasteiger partial charge in [-0.05, 0) is 42.8 Å². The van der Waals surface area contributed by atoms with Gasteiger partial charge < -0.3 is 5.32 Å². The molecule has 2 aromatic carbocycles. The van der Waals surface area contributed by atoms with E-state index in [1.165, 1.54) is 42.5 Å². The number of carbonyl (C=O) groups excluding carboxylic acids is 1. The highest BCUT2D eigenvalue weighted by Gasteiger charge is 2.16. The molecule has 2 aromatic rings. The second-order valence-corrected chi connectivity index (χ2v) is 7.29. The maximum Gasteiger partial charge on any atom is 0.269 e. The zero-order valence-corrected chi connectivity index (χ0v) is 14.6. The van der Waals surface area contributed by atoms with Crippen molar-refractivity contribution in [3.05, 3.63) is 63.2 Å². The Morgan fingerprint density at radius 1 is 1.20 bits per heavy atom. The van der Waals surface area contributed by atoms with Crippen LogP contribution in [-0.4, -0.2) is 25.8 Å². The monoisotopic (exact) mass is 383 g/mol. The zero-order valence-electron chi connectivity index (χ0n) is 13.0. The molecule has 132 valence electrons. The van der Waals surface area contributed by atoms with Crippen LogP contribution in [0.4, 0.5) is 11.4 Å². The molecule has 10 heteroatoms. The number of anilines is 1. The lowest BCUT2D eigenvalue weighted by Gasteiger charge is -2.10. The molecule has 0 fully saturated rings. The Morgan fingerprint density at radius 2 is 1.84 bits per heavy atom. The van der Waals surface area contributed by atoms with Crippen LogP contribution in [0.25, 0.3) is 0 Å². The normalized spacial score (nSPS) is 11.1. The quantitative estimate of drug-likeness (QED) is 0.586. The van der Waals surface area contributed by atoms with Gasteiger partial charge in [0.15, 0.2) is 0 Å². The molecule has 1 amide bonds. The number of rotatable bonds is 6. The van der Waals surface area contributed by atoms with Crippen LogP contribution in [0.15, 0.2) is 47.4 Å². The predicted molar refractivity (Wildman–Crippen MR) is 93.1 cm³/mol. The number of non-ortho nitro benzene ring substituents is 1. The summed E-state index contributed by atoms with van der Waals surface area (Å²) in [7, 11) is -3.85. The molecular weight excluding hydrogens is 370 g/mol. The highest BCUT2D eigenvalue weighted by molar-refractivity contribution is 7.89. The van der Waals surface area contributed by atoms with Crippen molar-refractivity contribution in [2.24, 2.45) is 0 Å². The Morgan fingerprint density at radius 3 is 2.40 bits per heavy atom. The van der Waals surface area contributed by atoms with Crippen molar-refractivity contribution < 1.29 is 18.1 Å². The fourth-order valence-electron chi connectivity index (χ4n) is 1.95. The van der Waals surface area contributed by atoms with Gasteiger partial charge in [-0.15, -0.1) is 0 Å². The number of nitrogens with zero attached hydrogens (tertiary/aromatic N) is 1. The van der Waals surface area contributed by atoms with E-state index in [2.05, 4.69) is 10.0 Å². The number of nitrogens with one attached hydrogen (secondary N) is 2. The van der Waals surface area contributed by atoms with Gasteiger partial charge in [0.1, 0.15) is 0 Å². The largest absolute Gasteiger partial charge is 0.325 e. The number of nitro benzene ring substituents is 1. The third-order valence-electron chi connectivity index (χ3n) is 3.24. The molecule has 0 spiro atoms. The SMILES string of the molecule is Cc1cc([N+](=O)[O-])ccc1NC(=O)CNS(=O)(=O)c1ccc(Cl)cc1. The van der Waals surface area contributed by atoms with E-state index >= 15 is 0 Å². The van der Waals surface area contributed by atoms with E-state index < -0.39 is 27.4 Å². The second kappa shape index (κ2) is 7.60. The number of sulfonamides is 1. The van der Waals surface area contributed by atoms with Crippen LogP contribution in [0.1, 0.15) is 5.56 Å². The summed E-state index contributed by atoms with van der Waals surface area (Å²) in [5.41, 5.74) is 0.753. The molecule has 0 aliphatic heterocycles. The van der Waals surface area contributed by atoms with Gasteiger partial charge in [-0.3, -0.25) is 14.9 Å². The minimum absolute atomic E-state index is 0.0174. The van der Waals surface area contributed by atoms with Crippen LogP contribution in [0, 0.1) is 17.0 Å². The molecule has 25 heavy (non-hydrogen) atoms. The molecule has 0 atom stereocenters. The zero-order chi connectivity index (χ0) is 18.6. The second-order valence-electron chi connectivity index (χ2n) is 5.08. The van der Waals surface area contributed by atoms with E-state index in [-0.39, 0.29) is 10.6 Å². The van der Waals surface area contributed by atoms with Crippen LogP contribution in [0.5, 0.6) is 0 Å². The Bertz CT molecular complexity index is 913. The molecule has 0 aromatic heterocycles. The summed E-state index contributed by atoms with van der Waals surface area (Å²) in [5.74, 6) is -0.602. The predicted octanol–water partition coefficient (Wildman–Crippen LogP) is 2.47. The number of benzene rings is 2. The van der Waals surface area contributed by atoms with Crippen molar-refractivity contribution in [3.8, 4) is 0 Å². The third kappa shape index (κ3) is 4.99. The average molecular weight is 384 g/mol. The third-order valence-corrected chi connectivity index (χ3v) is 4.91. The summed E-state index contributed by atoms with van der Waals surface area (Å²) in [5, 5.41) is 13.6. The molecule has 0 aliphatic rings. The first-order chi connectivity index (χ1) is 11.7. The van der Waals surface area contributed by atoms with Gasteiger partial charge in [0.2, 0.25) is 15.9 Å². The number of nitro groups is 1. The topological polar surface area (TPSA) is 118 Å². The van der Waals surface area contributed by atoms with Gasteiger partial charge in [0.25, 0.3) is 5.69 Å². The van der Waals surface area contributed by atoms with Crippen molar-refractivity contribution >= 4 is 38.9 Å². The maximum atomic E-state index is 12.1. The molecule has 0 saturated carbocycles. The summed E-state index contributed by atoms with van der Waals surface area (Å²) in [6.07, 6.45) is 0. The Hall–Kier alpha value is -2.49. The fourth-order valence-corrected chi connectivity index (χ4v) is 3.06. The molecule has 0 saturated heterocycles. The van der Waals surface area contributed by atoms with Crippen molar-refractivity contribution in [2.75, 3.05) is 11.9 Å². The van der Waals surface area contributed by atoms with Crippen molar-refractivity contribution in [3.63, 3.8) is 0 Å². The van der Waals surface area contributed by atoms with Gasteiger partial charge in [-0.1, -0.05) is 11.6 Å². The summed E-state index contributed by atoms with van der Waals surface area (Å²) >= 11 is 5.70. The minimum Gasteiger partial charge on any atom is -0.325 e. The summed E-state index contributed by atoms with van der Waals surface area (Å²) in [6.45, 7) is 1.11. The van der Waals surface area contributed by atoms with E-state index in [0.29, 0.717) is 16.3 Å². The van der Waals surface area contributed by atoms with E-state index in [1.54, 1.807) is 6.92 Å². The van der Waals surface area contributed by atoms with Crippen molar-refractivity contribution in [2.45, 2.75) is 11.8 Å². The smallest absolute Gasteiger partial charge is 0.269 e. The Balaban J connectivity index is 2.01.